The van der Waals surface area contributed by atoms with Crippen molar-refractivity contribution in [2.75, 3.05) is 7.11 Å². The molecule has 0 spiro atoms. The lowest BCUT2D eigenvalue weighted by atomic mass is 10.3. The number of carboxylic acids is 1. The van der Waals surface area contributed by atoms with Crippen molar-refractivity contribution in [3.05, 3.63) is 11.9 Å². The van der Waals surface area contributed by atoms with Crippen molar-refractivity contribution in [1.29, 1.82) is 0 Å². The minimum atomic E-state index is -0.858. The predicted octanol–water partition coefficient (Wildman–Crippen LogP) is -0.0705. The van der Waals surface area contributed by atoms with Gasteiger partial charge < -0.3 is 9.84 Å². The summed E-state index contributed by atoms with van der Waals surface area (Å²) in [7, 11) is 1.26. The molecule has 0 saturated carbocycles. The third-order valence-electron chi connectivity index (χ3n) is 1.71. The zero-order valence-electron chi connectivity index (χ0n) is 8.21. The Balaban J connectivity index is 2.46. The van der Waals surface area contributed by atoms with Crippen LogP contribution in [0.25, 0.3) is 0 Å². The molecule has 1 N–H and O–H groups in total. The van der Waals surface area contributed by atoms with Gasteiger partial charge in [0.25, 0.3) is 0 Å². The number of carbonyl (C=O) groups excluding carboxylic acids is 1. The predicted molar refractivity (Wildman–Crippen MR) is 48.2 cm³/mol. The molecule has 1 aromatic rings. The molecule has 1 rings (SSSR count). The van der Waals surface area contributed by atoms with Crippen LogP contribution >= 0.6 is 0 Å². The molecular formula is C8H11N3O4. The standard InChI is InChI=1S/C8H11N3O4/c1-15-8(14)6-5-11(10-9-6)4-2-3-7(12)13/h5H,2-4H2,1H3,(H,12,13). The highest BCUT2D eigenvalue weighted by Crippen LogP contribution is 1.98. The van der Waals surface area contributed by atoms with Gasteiger partial charge in [-0.3, -0.25) is 9.48 Å². The molecule has 7 heteroatoms. The molecular weight excluding hydrogens is 202 g/mol. The van der Waals surface area contributed by atoms with Crippen LogP contribution in [0, 0.1) is 0 Å². The van der Waals surface area contributed by atoms with Gasteiger partial charge in [-0.2, -0.15) is 0 Å². The first kappa shape index (κ1) is 11.2. The summed E-state index contributed by atoms with van der Waals surface area (Å²) in [6.45, 7) is 0.413. The van der Waals surface area contributed by atoms with E-state index in [-0.39, 0.29) is 12.1 Å². The van der Waals surface area contributed by atoms with Crippen molar-refractivity contribution >= 4 is 11.9 Å². The van der Waals surface area contributed by atoms with Crippen LogP contribution in [-0.4, -0.2) is 39.1 Å². The molecule has 82 valence electrons. The number of carbonyl (C=O) groups is 2. The average Bonchev–Trinajstić information content (AvgIpc) is 2.65. The number of aromatic nitrogens is 3. The number of hydrogen-bond acceptors (Lipinski definition) is 5. The zero-order valence-corrected chi connectivity index (χ0v) is 8.21. The highest BCUT2D eigenvalue weighted by Gasteiger charge is 2.10. The summed E-state index contributed by atoms with van der Waals surface area (Å²) in [4.78, 5) is 21.2. The number of esters is 1. The maximum Gasteiger partial charge on any atom is 0.360 e. The number of hydrogen-bond donors (Lipinski definition) is 1. The lowest BCUT2D eigenvalue weighted by molar-refractivity contribution is -0.137. The Morgan fingerprint density at radius 3 is 2.93 bits per heavy atom. The van der Waals surface area contributed by atoms with Gasteiger partial charge in [-0.25, -0.2) is 4.79 Å². The number of rotatable bonds is 5. The largest absolute Gasteiger partial charge is 0.481 e. The van der Waals surface area contributed by atoms with Crippen molar-refractivity contribution in [2.24, 2.45) is 0 Å². The third kappa shape index (κ3) is 3.37. The van der Waals surface area contributed by atoms with E-state index in [1.807, 2.05) is 0 Å². The smallest absolute Gasteiger partial charge is 0.360 e. The maximum absolute atomic E-state index is 11.0. The van der Waals surface area contributed by atoms with Crippen LogP contribution in [0.3, 0.4) is 0 Å². The molecule has 0 bridgehead atoms. The van der Waals surface area contributed by atoms with E-state index in [1.54, 1.807) is 0 Å². The summed E-state index contributed by atoms with van der Waals surface area (Å²) in [5.74, 6) is -1.41. The third-order valence-corrected chi connectivity index (χ3v) is 1.71. The van der Waals surface area contributed by atoms with Gasteiger partial charge in [-0.1, -0.05) is 5.21 Å². The minimum Gasteiger partial charge on any atom is -0.481 e. The van der Waals surface area contributed by atoms with E-state index in [0.717, 1.165) is 0 Å². The van der Waals surface area contributed by atoms with Gasteiger partial charge >= 0.3 is 11.9 Å². The van der Waals surface area contributed by atoms with E-state index in [9.17, 15) is 9.59 Å². The first-order valence-electron chi connectivity index (χ1n) is 4.33. The number of carboxylic acid groups (broad SMARTS) is 1. The summed E-state index contributed by atoms with van der Waals surface area (Å²) in [6.07, 6.45) is 1.93. The molecule has 0 aliphatic carbocycles. The fraction of sp³-hybridized carbons (Fsp3) is 0.500. The second kappa shape index (κ2) is 5.08. The molecule has 7 nitrogen and oxygen atoms in total. The first-order valence-corrected chi connectivity index (χ1v) is 4.33. The fourth-order valence-corrected chi connectivity index (χ4v) is 0.998. The molecule has 0 fully saturated rings. The molecule has 1 aromatic heterocycles. The van der Waals surface area contributed by atoms with Crippen molar-refractivity contribution in [3.63, 3.8) is 0 Å². The van der Waals surface area contributed by atoms with Crippen LogP contribution < -0.4 is 0 Å². The molecule has 0 radical (unpaired) electrons. The molecule has 0 unspecified atom stereocenters. The maximum atomic E-state index is 11.0. The first-order chi connectivity index (χ1) is 7.13. The van der Waals surface area contributed by atoms with Gasteiger partial charge in [0, 0.05) is 13.0 Å². The lowest BCUT2D eigenvalue weighted by Crippen LogP contribution is -2.03. The van der Waals surface area contributed by atoms with Gasteiger partial charge in [0.05, 0.1) is 13.3 Å². The Labute approximate surface area is 85.6 Å². The second-order valence-corrected chi connectivity index (χ2v) is 2.86. The Kier molecular flexibility index (Phi) is 3.78. The monoisotopic (exact) mass is 213 g/mol. The Morgan fingerprint density at radius 2 is 2.33 bits per heavy atom. The van der Waals surface area contributed by atoms with Crippen LogP contribution in [-0.2, 0) is 16.1 Å². The Morgan fingerprint density at radius 1 is 1.60 bits per heavy atom. The summed E-state index contributed by atoms with van der Waals surface area (Å²) in [5, 5.41) is 15.6. The van der Waals surface area contributed by atoms with E-state index < -0.39 is 11.9 Å². The van der Waals surface area contributed by atoms with Crippen LogP contribution in [0.15, 0.2) is 6.20 Å². The van der Waals surface area contributed by atoms with Gasteiger partial charge in [-0.05, 0) is 6.42 Å². The van der Waals surface area contributed by atoms with Crippen molar-refractivity contribution in [2.45, 2.75) is 19.4 Å². The Hall–Kier alpha value is -1.92. The molecule has 0 aliphatic rings. The lowest BCUT2D eigenvalue weighted by Gasteiger charge is -1.96. The van der Waals surface area contributed by atoms with Crippen LogP contribution in [0.4, 0.5) is 0 Å². The van der Waals surface area contributed by atoms with Crippen LogP contribution in [0.1, 0.15) is 23.3 Å². The SMILES string of the molecule is COC(=O)c1cn(CCCC(=O)O)nn1. The van der Waals surface area contributed by atoms with Gasteiger partial charge in [0.2, 0.25) is 0 Å². The number of nitrogens with zero attached hydrogens (tertiary/aromatic N) is 3. The molecule has 0 saturated heterocycles. The van der Waals surface area contributed by atoms with Crippen molar-refractivity contribution < 1.29 is 19.4 Å². The van der Waals surface area contributed by atoms with Crippen molar-refractivity contribution in [3.8, 4) is 0 Å². The molecule has 0 aromatic carbocycles. The normalized spacial score (nSPS) is 9.93. The van der Waals surface area contributed by atoms with Crippen LogP contribution in [0.5, 0.6) is 0 Å². The summed E-state index contributed by atoms with van der Waals surface area (Å²) in [6, 6.07) is 0. The average molecular weight is 213 g/mol. The summed E-state index contributed by atoms with van der Waals surface area (Å²) < 4.78 is 5.86. The number of aryl methyl sites for hydroxylation is 1. The van der Waals surface area contributed by atoms with Gasteiger partial charge in [-0.15, -0.1) is 5.10 Å². The molecule has 15 heavy (non-hydrogen) atoms. The number of ether oxygens (including phenoxy) is 1. The number of aliphatic carboxylic acids is 1. The summed E-state index contributed by atoms with van der Waals surface area (Å²) in [5.41, 5.74) is 0.118. The van der Waals surface area contributed by atoms with Crippen LogP contribution in [0.2, 0.25) is 0 Å². The van der Waals surface area contributed by atoms with Gasteiger partial charge in [0.1, 0.15) is 0 Å². The van der Waals surface area contributed by atoms with E-state index >= 15 is 0 Å². The zero-order chi connectivity index (χ0) is 11.3. The summed E-state index contributed by atoms with van der Waals surface area (Å²) >= 11 is 0. The van der Waals surface area contributed by atoms with E-state index in [0.29, 0.717) is 13.0 Å². The Bertz CT molecular complexity index is 361. The topological polar surface area (TPSA) is 94.3 Å². The number of methoxy groups -OCH3 is 1. The molecule has 1 heterocycles. The van der Waals surface area contributed by atoms with E-state index in [4.69, 9.17) is 5.11 Å². The fourth-order valence-electron chi connectivity index (χ4n) is 0.998. The molecule has 0 aliphatic heterocycles. The minimum absolute atomic E-state index is 0.0629. The van der Waals surface area contributed by atoms with Crippen molar-refractivity contribution in [1.82, 2.24) is 15.0 Å². The quantitative estimate of drug-likeness (QED) is 0.688. The van der Waals surface area contributed by atoms with Gasteiger partial charge in [0.15, 0.2) is 5.69 Å². The highest BCUT2D eigenvalue weighted by molar-refractivity contribution is 5.86. The van der Waals surface area contributed by atoms with E-state index in [1.165, 1.54) is 18.0 Å². The highest BCUT2D eigenvalue weighted by atomic mass is 16.5. The second-order valence-electron chi connectivity index (χ2n) is 2.86. The molecule has 0 amide bonds. The van der Waals surface area contributed by atoms with E-state index in [2.05, 4.69) is 15.0 Å². The molecule has 0 atom stereocenters.